The minimum Gasteiger partial charge on any atom is -0.490 e. The minimum atomic E-state index is -0.00995. The van der Waals surface area contributed by atoms with Crippen LogP contribution in [0, 0.1) is 0 Å². The quantitative estimate of drug-likeness (QED) is 0.870. The highest BCUT2D eigenvalue weighted by Gasteiger charge is 2.27. The summed E-state index contributed by atoms with van der Waals surface area (Å²) < 4.78 is 11.1. The molecule has 1 aliphatic heterocycles. The topological polar surface area (TPSA) is 64.8 Å². The van der Waals surface area contributed by atoms with Crippen molar-refractivity contribution in [3.63, 3.8) is 0 Å². The van der Waals surface area contributed by atoms with Gasteiger partial charge in [-0.05, 0) is 31.9 Å². The zero-order chi connectivity index (χ0) is 14.4. The number of halogens is 1. The van der Waals surface area contributed by atoms with Crippen molar-refractivity contribution in [3.8, 4) is 11.5 Å². The van der Waals surface area contributed by atoms with Crippen LogP contribution in [0.25, 0.3) is 0 Å². The fourth-order valence-corrected chi connectivity index (χ4v) is 2.48. The molecule has 1 aliphatic rings. The Morgan fingerprint density at radius 2 is 2.00 bits per heavy atom. The molecule has 0 bridgehead atoms. The lowest BCUT2D eigenvalue weighted by Crippen LogP contribution is -2.42. The molecule has 0 saturated carbocycles. The largest absolute Gasteiger partial charge is 0.490 e. The molecule has 0 spiro atoms. The van der Waals surface area contributed by atoms with Gasteiger partial charge in [0.25, 0.3) is 5.91 Å². The monoisotopic (exact) mass is 314 g/mol. The minimum absolute atomic E-state index is 0. The zero-order valence-corrected chi connectivity index (χ0v) is 13.1. The van der Waals surface area contributed by atoms with Crippen molar-refractivity contribution < 1.29 is 14.3 Å². The number of likely N-dealkylation sites (tertiary alicyclic amines) is 1. The third-order valence-electron chi connectivity index (χ3n) is 3.47. The number of nitrogens with two attached hydrogens (primary N) is 1. The molecule has 0 radical (unpaired) electrons. The Labute approximate surface area is 131 Å². The van der Waals surface area contributed by atoms with Crippen molar-refractivity contribution in [2.45, 2.75) is 25.8 Å². The van der Waals surface area contributed by atoms with Gasteiger partial charge in [-0.1, -0.05) is 12.1 Å². The number of hydrogen-bond acceptors (Lipinski definition) is 4. The molecule has 1 aromatic rings. The number of rotatable bonds is 6. The van der Waals surface area contributed by atoms with Gasteiger partial charge in [-0.2, -0.15) is 0 Å². The van der Waals surface area contributed by atoms with Crippen LogP contribution in [0.3, 0.4) is 0 Å². The normalized spacial score (nSPS) is 17.2. The Kier molecular flexibility index (Phi) is 7.32. The van der Waals surface area contributed by atoms with Crippen LogP contribution in [0.4, 0.5) is 0 Å². The van der Waals surface area contributed by atoms with Gasteiger partial charge in [0.2, 0.25) is 0 Å². The average Bonchev–Trinajstić information content (AvgIpc) is 2.95. The second-order valence-electron chi connectivity index (χ2n) is 4.79. The summed E-state index contributed by atoms with van der Waals surface area (Å²) >= 11 is 0. The summed E-state index contributed by atoms with van der Waals surface area (Å²) in [5.41, 5.74) is 5.68. The highest BCUT2D eigenvalue weighted by molar-refractivity contribution is 5.85. The fourth-order valence-electron chi connectivity index (χ4n) is 2.48. The molecule has 1 fully saturated rings. The van der Waals surface area contributed by atoms with Gasteiger partial charge in [0.1, 0.15) is 0 Å². The van der Waals surface area contributed by atoms with Crippen LogP contribution in [0.1, 0.15) is 19.8 Å². The van der Waals surface area contributed by atoms with E-state index in [4.69, 9.17) is 15.2 Å². The molecular formula is C15H23ClN2O3. The van der Waals surface area contributed by atoms with E-state index in [1.807, 2.05) is 36.1 Å². The van der Waals surface area contributed by atoms with Crippen LogP contribution >= 0.6 is 12.4 Å². The Morgan fingerprint density at radius 1 is 1.33 bits per heavy atom. The number of benzene rings is 1. The smallest absolute Gasteiger partial charge is 0.260 e. The predicted molar refractivity (Wildman–Crippen MR) is 84.1 cm³/mol. The lowest BCUT2D eigenvalue weighted by atomic mass is 10.2. The Hall–Kier alpha value is -1.46. The number of hydrogen-bond donors (Lipinski definition) is 1. The SMILES string of the molecule is CCOc1ccccc1OCC(=O)N1CCCC1CN.Cl. The summed E-state index contributed by atoms with van der Waals surface area (Å²) in [5.74, 6) is 1.26. The number of nitrogens with zero attached hydrogens (tertiary/aromatic N) is 1. The van der Waals surface area contributed by atoms with Crippen LogP contribution < -0.4 is 15.2 Å². The summed E-state index contributed by atoms with van der Waals surface area (Å²) in [5, 5.41) is 0. The molecular weight excluding hydrogens is 292 g/mol. The van der Waals surface area contributed by atoms with Crippen molar-refractivity contribution in [2.75, 3.05) is 26.3 Å². The van der Waals surface area contributed by atoms with Gasteiger partial charge < -0.3 is 20.1 Å². The van der Waals surface area contributed by atoms with E-state index in [-0.39, 0.29) is 31.0 Å². The summed E-state index contributed by atoms with van der Waals surface area (Å²) in [6.07, 6.45) is 2.00. The van der Waals surface area contributed by atoms with Crippen molar-refractivity contribution in [3.05, 3.63) is 24.3 Å². The molecule has 6 heteroatoms. The molecule has 0 aromatic heterocycles. The molecule has 1 heterocycles. The lowest BCUT2D eigenvalue weighted by Gasteiger charge is -2.23. The van der Waals surface area contributed by atoms with Crippen molar-refractivity contribution in [2.24, 2.45) is 5.73 Å². The third kappa shape index (κ3) is 4.51. The first-order valence-corrected chi connectivity index (χ1v) is 7.10. The maximum atomic E-state index is 12.2. The number of ether oxygens (including phenoxy) is 2. The first kappa shape index (κ1) is 17.6. The van der Waals surface area contributed by atoms with Crippen LogP contribution in [-0.4, -0.2) is 43.2 Å². The number of carbonyl (C=O) groups is 1. The first-order valence-electron chi connectivity index (χ1n) is 7.10. The molecule has 2 rings (SSSR count). The van der Waals surface area contributed by atoms with Crippen molar-refractivity contribution in [1.82, 2.24) is 4.90 Å². The summed E-state index contributed by atoms with van der Waals surface area (Å²) in [6.45, 7) is 3.80. The van der Waals surface area contributed by atoms with Gasteiger partial charge in [-0.15, -0.1) is 12.4 Å². The molecule has 0 aliphatic carbocycles. The molecule has 118 valence electrons. The summed E-state index contributed by atoms with van der Waals surface area (Å²) in [4.78, 5) is 14.0. The average molecular weight is 315 g/mol. The van der Waals surface area contributed by atoms with Gasteiger partial charge in [0.15, 0.2) is 18.1 Å². The summed E-state index contributed by atoms with van der Waals surface area (Å²) in [7, 11) is 0. The predicted octanol–water partition coefficient (Wildman–Crippen LogP) is 1.84. The van der Waals surface area contributed by atoms with E-state index in [0.717, 1.165) is 19.4 Å². The van der Waals surface area contributed by atoms with Gasteiger partial charge in [0, 0.05) is 19.1 Å². The molecule has 1 saturated heterocycles. The summed E-state index contributed by atoms with van der Waals surface area (Å²) in [6, 6.07) is 7.55. The molecule has 1 unspecified atom stereocenters. The lowest BCUT2D eigenvalue weighted by molar-refractivity contribution is -0.134. The maximum absolute atomic E-state index is 12.2. The number of carbonyl (C=O) groups excluding carboxylic acids is 1. The Morgan fingerprint density at radius 3 is 2.62 bits per heavy atom. The zero-order valence-electron chi connectivity index (χ0n) is 12.3. The van der Waals surface area contributed by atoms with Gasteiger partial charge in [-0.3, -0.25) is 4.79 Å². The molecule has 1 amide bonds. The van der Waals surface area contributed by atoms with Crippen LogP contribution in [0.2, 0.25) is 0 Å². The number of amides is 1. The van der Waals surface area contributed by atoms with Crippen molar-refractivity contribution >= 4 is 18.3 Å². The molecule has 1 aromatic carbocycles. The highest BCUT2D eigenvalue weighted by atomic mass is 35.5. The van der Waals surface area contributed by atoms with Crippen molar-refractivity contribution in [1.29, 1.82) is 0 Å². The van der Waals surface area contributed by atoms with E-state index < -0.39 is 0 Å². The van der Waals surface area contributed by atoms with E-state index in [1.54, 1.807) is 0 Å². The van der Waals surface area contributed by atoms with Crippen LogP contribution in [0.5, 0.6) is 11.5 Å². The molecule has 1 atom stereocenters. The highest BCUT2D eigenvalue weighted by Crippen LogP contribution is 2.26. The van der Waals surface area contributed by atoms with E-state index in [9.17, 15) is 4.79 Å². The Balaban J connectivity index is 0.00000220. The fraction of sp³-hybridized carbons (Fsp3) is 0.533. The molecule has 5 nitrogen and oxygen atoms in total. The van der Waals surface area contributed by atoms with Gasteiger partial charge in [0.05, 0.1) is 6.61 Å². The van der Waals surface area contributed by atoms with E-state index in [2.05, 4.69) is 0 Å². The maximum Gasteiger partial charge on any atom is 0.260 e. The molecule has 21 heavy (non-hydrogen) atoms. The second-order valence-corrected chi connectivity index (χ2v) is 4.79. The van der Waals surface area contributed by atoms with Gasteiger partial charge in [-0.25, -0.2) is 0 Å². The van der Waals surface area contributed by atoms with E-state index in [1.165, 1.54) is 0 Å². The van der Waals surface area contributed by atoms with E-state index >= 15 is 0 Å². The standard InChI is InChI=1S/C15H22N2O3.ClH/c1-2-19-13-7-3-4-8-14(13)20-11-15(18)17-9-5-6-12(17)10-16;/h3-4,7-8,12H,2,5-6,9-11,16H2,1H3;1H. The third-order valence-corrected chi connectivity index (χ3v) is 3.47. The van der Waals surface area contributed by atoms with Gasteiger partial charge >= 0.3 is 0 Å². The number of para-hydroxylation sites is 2. The van der Waals surface area contributed by atoms with Crippen LogP contribution in [-0.2, 0) is 4.79 Å². The Bertz CT molecular complexity index is 456. The second kappa shape index (κ2) is 8.74. The molecule has 2 N–H and O–H groups in total. The first-order chi connectivity index (χ1) is 9.76. The van der Waals surface area contributed by atoms with E-state index in [0.29, 0.717) is 24.7 Å². The van der Waals surface area contributed by atoms with Crippen LogP contribution in [0.15, 0.2) is 24.3 Å².